The summed E-state index contributed by atoms with van der Waals surface area (Å²) >= 11 is 1.69. The van der Waals surface area contributed by atoms with Crippen LogP contribution in [0.3, 0.4) is 0 Å². The van der Waals surface area contributed by atoms with Crippen molar-refractivity contribution in [3.8, 4) is 0 Å². The zero-order chi connectivity index (χ0) is 13.1. The fraction of sp³-hybridized carbons (Fsp3) is 0.200. The molecule has 1 N–H and O–H groups in total. The Kier molecular flexibility index (Phi) is 3.53. The van der Waals surface area contributed by atoms with E-state index in [9.17, 15) is 0 Å². The molecule has 96 valence electrons. The largest absolute Gasteiger partial charge is 0.311 e. The zero-order valence-electron chi connectivity index (χ0n) is 10.7. The second-order valence-corrected chi connectivity index (χ2v) is 5.38. The van der Waals surface area contributed by atoms with Crippen molar-refractivity contribution < 1.29 is 0 Å². The van der Waals surface area contributed by atoms with E-state index in [4.69, 9.17) is 4.98 Å². The van der Waals surface area contributed by atoms with Crippen molar-refractivity contribution in [2.24, 2.45) is 0 Å². The maximum Gasteiger partial charge on any atom is 0.0944 e. The third kappa shape index (κ3) is 2.64. The summed E-state index contributed by atoms with van der Waals surface area (Å²) in [5.74, 6) is 0. The molecule has 0 aliphatic heterocycles. The van der Waals surface area contributed by atoms with E-state index < -0.39 is 0 Å². The van der Waals surface area contributed by atoms with E-state index in [-0.39, 0.29) is 6.04 Å². The number of para-hydroxylation sites is 1. The third-order valence-corrected chi connectivity index (χ3v) is 3.99. The number of nitrogens with zero attached hydrogens (tertiary/aromatic N) is 2. The minimum Gasteiger partial charge on any atom is -0.311 e. The average molecular weight is 269 g/mol. The highest BCUT2D eigenvalue weighted by atomic mass is 32.1. The number of thiazole rings is 1. The molecule has 1 atom stereocenters. The normalized spacial score (nSPS) is 12.7. The Labute approximate surface area is 116 Å². The predicted octanol–water partition coefficient (Wildman–Crippen LogP) is 3.19. The molecule has 2 heterocycles. The summed E-state index contributed by atoms with van der Waals surface area (Å²) in [7, 11) is 1.97. The van der Waals surface area contributed by atoms with Crippen LogP contribution in [0.5, 0.6) is 0 Å². The quantitative estimate of drug-likeness (QED) is 0.790. The monoisotopic (exact) mass is 269 g/mol. The summed E-state index contributed by atoms with van der Waals surface area (Å²) in [5.41, 5.74) is 2.11. The van der Waals surface area contributed by atoms with Crippen LogP contribution in [0.1, 0.15) is 16.7 Å². The lowest BCUT2D eigenvalue weighted by atomic mass is 10.1. The van der Waals surface area contributed by atoms with Gasteiger partial charge >= 0.3 is 0 Å². The summed E-state index contributed by atoms with van der Waals surface area (Å²) in [4.78, 5) is 9.08. The summed E-state index contributed by atoms with van der Waals surface area (Å²) in [6.07, 6.45) is 2.72. The van der Waals surface area contributed by atoms with Gasteiger partial charge in [-0.3, -0.25) is 4.98 Å². The van der Waals surface area contributed by atoms with Gasteiger partial charge in [-0.15, -0.1) is 11.3 Å². The molecule has 0 bridgehead atoms. The number of hydrogen-bond acceptors (Lipinski definition) is 4. The molecule has 0 fully saturated rings. The Balaban J connectivity index is 1.92. The molecule has 0 saturated carbocycles. The number of nitrogens with one attached hydrogen (secondary N) is 1. The Morgan fingerprint density at radius 1 is 1.21 bits per heavy atom. The lowest BCUT2D eigenvalue weighted by Gasteiger charge is -2.14. The van der Waals surface area contributed by atoms with Gasteiger partial charge in [0.1, 0.15) is 0 Å². The number of fused-ring (bicyclic) bond motifs is 1. The second kappa shape index (κ2) is 5.47. The van der Waals surface area contributed by atoms with Gasteiger partial charge in [0.05, 0.1) is 22.3 Å². The van der Waals surface area contributed by atoms with Crippen molar-refractivity contribution in [2.75, 3.05) is 7.05 Å². The number of likely N-dealkylation sites (N-methyl/N-ethyl adjacent to an activating group) is 1. The molecule has 2 aromatic heterocycles. The zero-order valence-corrected chi connectivity index (χ0v) is 11.5. The van der Waals surface area contributed by atoms with Crippen molar-refractivity contribution in [2.45, 2.75) is 12.5 Å². The van der Waals surface area contributed by atoms with Crippen LogP contribution in [0.15, 0.2) is 48.0 Å². The molecule has 0 radical (unpaired) electrons. The second-order valence-electron chi connectivity index (χ2n) is 4.40. The number of pyridine rings is 1. The molecule has 0 amide bonds. The number of aromatic nitrogens is 2. The van der Waals surface area contributed by atoms with E-state index in [0.29, 0.717) is 0 Å². The molecule has 3 aromatic rings. The molecule has 3 rings (SSSR count). The van der Waals surface area contributed by atoms with Gasteiger partial charge in [-0.2, -0.15) is 0 Å². The SMILES string of the molecule is CNC(Cc1nccs1)c1ccc2ccccc2n1. The number of rotatable bonds is 4. The Morgan fingerprint density at radius 2 is 2.11 bits per heavy atom. The van der Waals surface area contributed by atoms with Crippen molar-refractivity contribution in [1.82, 2.24) is 15.3 Å². The van der Waals surface area contributed by atoms with Crippen molar-refractivity contribution >= 4 is 22.2 Å². The van der Waals surface area contributed by atoms with Crippen molar-refractivity contribution in [3.05, 3.63) is 58.7 Å². The van der Waals surface area contributed by atoms with Gasteiger partial charge in [0.25, 0.3) is 0 Å². The van der Waals surface area contributed by atoms with Crippen LogP contribution in [-0.4, -0.2) is 17.0 Å². The predicted molar refractivity (Wildman–Crippen MR) is 79.4 cm³/mol. The van der Waals surface area contributed by atoms with Crippen LogP contribution >= 0.6 is 11.3 Å². The van der Waals surface area contributed by atoms with Gasteiger partial charge in [0.2, 0.25) is 0 Å². The van der Waals surface area contributed by atoms with E-state index in [1.165, 1.54) is 5.39 Å². The topological polar surface area (TPSA) is 37.8 Å². The first-order valence-corrected chi connectivity index (χ1v) is 7.16. The smallest absolute Gasteiger partial charge is 0.0944 e. The molecular formula is C15H15N3S. The molecule has 0 aliphatic carbocycles. The Bertz CT molecular complexity index is 664. The van der Waals surface area contributed by atoms with Gasteiger partial charge in [0, 0.05) is 23.4 Å². The van der Waals surface area contributed by atoms with Gasteiger partial charge < -0.3 is 5.32 Å². The van der Waals surface area contributed by atoms with Gasteiger partial charge in [-0.05, 0) is 19.2 Å². The van der Waals surface area contributed by atoms with E-state index in [1.807, 2.05) is 30.8 Å². The highest BCUT2D eigenvalue weighted by Crippen LogP contribution is 2.20. The van der Waals surface area contributed by atoms with Crippen LogP contribution in [0.25, 0.3) is 10.9 Å². The van der Waals surface area contributed by atoms with Crippen LogP contribution in [0, 0.1) is 0 Å². The third-order valence-electron chi connectivity index (χ3n) is 3.19. The van der Waals surface area contributed by atoms with Crippen LogP contribution < -0.4 is 5.32 Å². The Morgan fingerprint density at radius 3 is 2.89 bits per heavy atom. The summed E-state index contributed by atoms with van der Waals surface area (Å²) in [5, 5.41) is 7.65. The fourth-order valence-electron chi connectivity index (χ4n) is 2.16. The average Bonchev–Trinajstić information content (AvgIpc) is 2.97. The highest BCUT2D eigenvalue weighted by molar-refractivity contribution is 7.09. The molecule has 0 aliphatic rings. The first kappa shape index (κ1) is 12.3. The number of benzene rings is 1. The van der Waals surface area contributed by atoms with Gasteiger partial charge in [-0.25, -0.2) is 4.98 Å². The van der Waals surface area contributed by atoms with Crippen LogP contribution in [-0.2, 0) is 6.42 Å². The maximum atomic E-state index is 4.74. The summed E-state index contributed by atoms with van der Waals surface area (Å²) < 4.78 is 0. The van der Waals surface area contributed by atoms with E-state index in [0.717, 1.165) is 22.6 Å². The number of hydrogen-bond donors (Lipinski definition) is 1. The maximum absolute atomic E-state index is 4.74. The molecule has 1 unspecified atom stereocenters. The summed E-state index contributed by atoms with van der Waals surface area (Å²) in [6, 6.07) is 12.6. The van der Waals surface area contributed by atoms with Crippen LogP contribution in [0.4, 0.5) is 0 Å². The first-order chi connectivity index (χ1) is 9.36. The Hall–Kier alpha value is -1.78. The summed E-state index contributed by atoms with van der Waals surface area (Å²) in [6.45, 7) is 0. The van der Waals surface area contributed by atoms with Gasteiger partial charge in [-0.1, -0.05) is 24.3 Å². The first-order valence-electron chi connectivity index (χ1n) is 6.28. The van der Waals surface area contributed by atoms with Crippen molar-refractivity contribution in [3.63, 3.8) is 0 Å². The van der Waals surface area contributed by atoms with Crippen LogP contribution in [0.2, 0.25) is 0 Å². The lowest BCUT2D eigenvalue weighted by Crippen LogP contribution is -2.19. The standard InChI is InChI=1S/C15H15N3S/c1-16-14(10-15-17-8-9-19-15)13-7-6-11-4-2-3-5-12(11)18-13/h2-9,14,16H,10H2,1H3. The van der Waals surface area contributed by atoms with Crippen molar-refractivity contribution in [1.29, 1.82) is 0 Å². The van der Waals surface area contributed by atoms with E-state index >= 15 is 0 Å². The molecule has 0 saturated heterocycles. The van der Waals surface area contributed by atoms with E-state index in [1.54, 1.807) is 11.3 Å². The molecule has 4 heteroatoms. The molecule has 1 aromatic carbocycles. The molecule has 3 nitrogen and oxygen atoms in total. The minimum absolute atomic E-state index is 0.204. The molecular weight excluding hydrogens is 254 g/mol. The fourth-order valence-corrected chi connectivity index (χ4v) is 2.82. The molecule has 0 spiro atoms. The molecule has 19 heavy (non-hydrogen) atoms. The lowest BCUT2D eigenvalue weighted by molar-refractivity contribution is 0.576. The highest BCUT2D eigenvalue weighted by Gasteiger charge is 2.13. The van der Waals surface area contributed by atoms with E-state index in [2.05, 4.69) is 34.6 Å². The minimum atomic E-state index is 0.204. The van der Waals surface area contributed by atoms with Gasteiger partial charge in [0.15, 0.2) is 0 Å².